The van der Waals surface area contributed by atoms with Gasteiger partial charge in [-0.25, -0.2) is 0 Å². The maximum Gasteiger partial charge on any atom is 0.303 e. The minimum atomic E-state index is -0.815. The Bertz CT molecular complexity index is 516. The first-order valence-corrected chi connectivity index (χ1v) is 7.39. The first-order chi connectivity index (χ1) is 10.0. The molecule has 1 saturated heterocycles. The summed E-state index contributed by atoms with van der Waals surface area (Å²) in [4.78, 5) is 22.8. The van der Waals surface area contributed by atoms with Crippen LogP contribution in [0.2, 0.25) is 0 Å². The second kappa shape index (κ2) is 7.22. The third-order valence-corrected chi connectivity index (χ3v) is 3.80. The van der Waals surface area contributed by atoms with Crippen LogP contribution in [0.1, 0.15) is 31.7 Å². The number of hydrogen-bond acceptors (Lipinski definition) is 3. The van der Waals surface area contributed by atoms with Gasteiger partial charge < -0.3 is 15.7 Å². The number of hydrogen-bond donors (Lipinski definition) is 3. The van der Waals surface area contributed by atoms with Crippen molar-refractivity contribution in [2.75, 3.05) is 11.9 Å². The lowest BCUT2D eigenvalue weighted by Gasteiger charge is -2.27. The van der Waals surface area contributed by atoms with E-state index in [9.17, 15) is 9.59 Å². The van der Waals surface area contributed by atoms with Crippen molar-refractivity contribution in [3.8, 4) is 0 Å². The van der Waals surface area contributed by atoms with Gasteiger partial charge in [-0.2, -0.15) is 0 Å². The molecule has 1 aromatic carbocycles. The molecule has 1 aliphatic rings. The molecule has 114 valence electrons. The van der Waals surface area contributed by atoms with Gasteiger partial charge in [0.05, 0.1) is 6.04 Å². The minimum absolute atomic E-state index is 0.0167. The number of piperidine rings is 1. The normalized spacial score (nSPS) is 21.8. The van der Waals surface area contributed by atoms with Crippen LogP contribution in [-0.2, 0) is 16.0 Å². The lowest BCUT2D eigenvalue weighted by Crippen LogP contribution is -2.45. The average molecular weight is 290 g/mol. The van der Waals surface area contributed by atoms with Crippen LogP contribution in [0.5, 0.6) is 0 Å². The van der Waals surface area contributed by atoms with Gasteiger partial charge in [0.15, 0.2) is 0 Å². The lowest BCUT2D eigenvalue weighted by molar-refractivity contribution is -0.137. The molecule has 5 nitrogen and oxygen atoms in total. The molecular weight excluding hydrogens is 268 g/mol. The molecule has 0 aromatic heterocycles. The number of carbonyl (C=O) groups excluding carboxylic acids is 1. The number of aryl methyl sites for hydroxylation is 1. The molecule has 1 aromatic rings. The summed E-state index contributed by atoms with van der Waals surface area (Å²) in [7, 11) is 0. The number of amides is 1. The summed E-state index contributed by atoms with van der Waals surface area (Å²) >= 11 is 0. The molecule has 0 radical (unpaired) electrons. The minimum Gasteiger partial charge on any atom is -0.481 e. The third-order valence-electron chi connectivity index (χ3n) is 3.80. The van der Waals surface area contributed by atoms with E-state index < -0.39 is 5.97 Å². The Hall–Kier alpha value is -1.88. The van der Waals surface area contributed by atoms with Gasteiger partial charge in [-0.3, -0.25) is 9.59 Å². The summed E-state index contributed by atoms with van der Waals surface area (Å²) in [6.45, 7) is 3.03. The van der Waals surface area contributed by atoms with Crippen molar-refractivity contribution >= 4 is 17.6 Å². The summed E-state index contributed by atoms with van der Waals surface area (Å²) in [6, 6.07) is 7.24. The van der Waals surface area contributed by atoms with Crippen LogP contribution in [-0.4, -0.2) is 29.6 Å². The van der Waals surface area contributed by atoms with E-state index in [1.807, 2.05) is 24.3 Å². The van der Waals surface area contributed by atoms with Crippen molar-refractivity contribution in [1.82, 2.24) is 5.32 Å². The quantitative estimate of drug-likeness (QED) is 0.775. The number of carboxylic acids is 1. The topological polar surface area (TPSA) is 78.4 Å². The number of aliphatic carboxylic acids is 1. The Labute approximate surface area is 124 Å². The van der Waals surface area contributed by atoms with Crippen LogP contribution >= 0.6 is 0 Å². The van der Waals surface area contributed by atoms with Crippen molar-refractivity contribution in [3.05, 3.63) is 29.8 Å². The number of carboxylic acid groups (broad SMARTS) is 1. The van der Waals surface area contributed by atoms with Crippen molar-refractivity contribution in [1.29, 1.82) is 0 Å². The zero-order valence-electron chi connectivity index (χ0n) is 12.3. The van der Waals surface area contributed by atoms with E-state index in [4.69, 9.17) is 5.11 Å². The predicted octanol–water partition coefficient (Wildman–Crippen LogP) is 2.03. The van der Waals surface area contributed by atoms with Crippen molar-refractivity contribution < 1.29 is 14.7 Å². The van der Waals surface area contributed by atoms with Gasteiger partial charge in [0.25, 0.3) is 0 Å². The summed E-state index contributed by atoms with van der Waals surface area (Å²) in [5.41, 5.74) is 1.64. The zero-order valence-corrected chi connectivity index (χ0v) is 12.3. The van der Waals surface area contributed by atoms with E-state index in [0.29, 0.717) is 12.3 Å². The summed E-state index contributed by atoms with van der Waals surface area (Å²) in [5, 5.41) is 14.9. The molecule has 0 bridgehead atoms. The molecule has 1 aliphatic heterocycles. The van der Waals surface area contributed by atoms with Crippen LogP contribution in [0, 0.1) is 5.92 Å². The molecule has 1 amide bonds. The molecule has 0 spiro atoms. The molecule has 3 N–H and O–H groups in total. The van der Waals surface area contributed by atoms with Gasteiger partial charge in [-0.05, 0) is 49.4 Å². The lowest BCUT2D eigenvalue weighted by atomic mass is 9.94. The van der Waals surface area contributed by atoms with Gasteiger partial charge in [0.1, 0.15) is 0 Å². The fraction of sp³-hybridized carbons (Fsp3) is 0.500. The highest BCUT2D eigenvalue weighted by Gasteiger charge is 2.24. The first kappa shape index (κ1) is 15.5. The van der Waals surface area contributed by atoms with E-state index in [0.717, 1.165) is 30.6 Å². The molecule has 2 unspecified atom stereocenters. The molecule has 1 heterocycles. The molecule has 21 heavy (non-hydrogen) atoms. The van der Waals surface area contributed by atoms with Crippen LogP contribution in [0.3, 0.4) is 0 Å². The van der Waals surface area contributed by atoms with Crippen molar-refractivity contribution in [2.24, 2.45) is 5.92 Å². The molecular formula is C16H22N2O3. The second-order valence-corrected chi connectivity index (χ2v) is 5.72. The van der Waals surface area contributed by atoms with Crippen LogP contribution in [0.15, 0.2) is 24.3 Å². The van der Waals surface area contributed by atoms with Crippen molar-refractivity contribution in [3.63, 3.8) is 0 Å². The Balaban J connectivity index is 1.94. The maximum absolute atomic E-state index is 12.2. The monoisotopic (exact) mass is 290 g/mol. The SMILES string of the molecule is CC1CCNC(C(=O)Nc2cccc(CCC(=O)O)c2)C1. The summed E-state index contributed by atoms with van der Waals surface area (Å²) in [6.07, 6.45) is 2.52. The fourth-order valence-corrected chi connectivity index (χ4v) is 2.59. The van der Waals surface area contributed by atoms with Gasteiger partial charge in [0.2, 0.25) is 5.91 Å². The molecule has 2 rings (SSSR count). The molecule has 0 saturated carbocycles. The molecule has 5 heteroatoms. The number of benzene rings is 1. The molecule has 1 fully saturated rings. The Kier molecular flexibility index (Phi) is 5.33. The number of carbonyl (C=O) groups is 2. The van der Waals surface area contributed by atoms with Crippen molar-refractivity contribution in [2.45, 2.75) is 38.6 Å². The molecule has 0 aliphatic carbocycles. The molecule has 2 atom stereocenters. The predicted molar refractivity (Wildman–Crippen MR) is 81.2 cm³/mol. The van der Waals surface area contributed by atoms with Crippen LogP contribution < -0.4 is 10.6 Å². The number of nitrogens with one attached hydrogen (secondary N) is 2. The standard InChI is InChI=1S/C16H22N2O3/c1-11-7-8-17-14(9-11)16(21)18-13-4-2-3-12(10-13)5-6-15(19)20/h2-4,10-11,14,17H,5-9H2,1H3,(H,18,21)(H,19,20). The van der Waals surface area contributed by atoms with E-state index in [-0.39, 0.29) is 18.4 Å². The van der Waals surface area contributed by atoms with E-state index >= 15 is 0 Å². The van der Waals surface area contributed by atoms with Gasteiger partial charge in [-0.15, -0.1) is 0 Å². The average Bonchev–Trinajstić information content (AvgIpc) is 2.45. The van der Waals surface area contributed by atoms with Crippen LogP contribution in [0.25, 0.3) is 0 Å². The number of anilines is 1. The third kappa shape index (κ3) is 4.86. The van der Waals surface area contributed by atoms with Gasteiger partial charge in [0, 0.05) is 12.1 Å². The fourth-order valence-electron chi connectivity index (χ4n) is 2.59. The highest BCUT2D eigenvalue weighted by molar-refractivity contribution is 5.95. The van der Waals surface area contributed by atoms with Gasteiger partial charge >= 0.3 is 5.97 Å². The summed E-state index contributed by atoms with van der Waals surface area (Å²) < 4.78 is 0. The maximum atomic E-state index is 12.2. The number of rotatable bonds is 5. The highest BCUT2D eigenvalue weighted by atomic mass is 16.4. The second-order valence-electron chi connectivity index (χ2n) is 5.72. The van der Waals surface area contributed by atoms with Crippen LogP contribution in [0.4, 0.5) is 5.69 Å². The largest absolute Gasteiger partial charge is 0.481 e. The first-order valence-electron chi connectivity index (χ1n) is 7.39. The van der Waals surface area contributed by atoms with Gasteiger partial charge in [-0.1, -0.05) is 19.1 Å². The van der Waals surface area contributed by atoms with E-state index in [1.165, 1.54) is 0 Å². The van der Waals surface area contributed by atoms with E-state index in [2.05, 4.69) is 17.6 Å². The smallest absolute Gasteiger partial charge is 0.303 e. The Morgan fingerprint density at radius 3 is 2.95 bits per heavy atom. The Morgan fingerprint density at radius 1 is 1.43 bits per heavy atom. The summed E-state index contributed by atoms with van der Waals surface area (Å²) in [5.74, 6) is -0.273. The highest BCUT2D eigenvalue weighted by Crippen LogP contribution is 2.17. The Morgan fingerprint density at radius 2 is 2.24 bits per heavy atom. The van der Waals surface area contributed by atoms with E-state index in [1.54, 1.807) is 0 Å². The zero-order chi connectivity index (χ0) is 15.2.